The molecule has 1 aromatic carbocycles. The molecule has 0 spiro atoms. The molecule has 1 amide bonds. The number of carbonyl (C=O) groups is 2. The van der Waals surface area contributed by atoms with Crippen LogP contribution in [0.5, 0.6) is 5.75 Å². The maximum Gasteiger partial charge on any atom is 0.244 e. The normalized spacial score (nSPS) is 12.1. The Morgan fingerprint density at radius 2 is 1.76 bits per heavy atom. The summed E-state index contributed by atoms with van der Waals surface area (Å²) in [6.07, 6.45) is 9.76. The monoisotopic (exact) mass is 363 g/mol. The molecule has 0 radical (unpaired) electrons. The Kier molecular flexibility index (Phi) is 11.5. The second-order valence-electron chi connectivity index (χ2n) is 5.95. The maximum absolute atomic E-state index is 11.8. The van der Waals surface area contributed by atoms with Crippen molar-refractivity contribution in [2.75, 3.05) is 6.54 Å². The van der Waals surface area contributed by atoms with E-state index in [4.69, 9.17) is 4.74 Å². The van der Waals surface area contributed by atoms with Crippen LogP contribution >= 0.6 is 12.6 Å². The van der Waals surface area contributed by atoms with Gasteiger partial charge in [-0.1, -0.05) is 57.2 Å². The van der Waals surface area contributed by atoms with Crippen LogP contribution in [0.2, 0.25) is 0 Å². The molecule has 0 aliphatic carbocycles. The molecule has 4 nitrogen and oxygen atoms in total. The molecular weight excluding hydrogens is 334 g/mol. The van der Waals surface area contributed by atoms with E-state index in [1.54, 1.807) is 12.1 Å². The van der Waals surface area contributed by atoms with E-state index >= 15 is 0 Å². The molecule has 0 aliphatic heterocycles. The lowest BCUT2D eigenvalue weighted by molar-refractivity contribution is -0.118. The number of hydrogen-bond acceptors (Lipinski definition) is 4. The number of nitrogens with one attached hydrogen (secondary N) is 1. The van der Waals surface area contributed by atoms with Gasteiger partial charge in [-0.05, 0) is 24.6 Å². The summed E-state index contributed by atoms with van der Waals surface area (Å²) in [5, 5.41) is 2.79. The lowest BCUT2D eigenvalue weighted by Gasteiger charge is -2.11. The van der Waals surface area contributed by atoms with Gasteiger partial charge in [-0.3, -0.25) is 9.59 Å². The maximum atomic E-state index is 11.8. The van der Waals surface area contributed by atoms with E-state index in [0.29, 0.717) is 12.3 Å². The molecule has 1 rings (SSSR count). The number of rotatable bonds is 13. The van der Waals surface area contributed by atoms with E-state index in [2.05, 4.69) is 24.9 Å². The van der Waals surface area contributed by atoms with Crippen LogP contribution in [-0.2, 0) is 9.59 Å². The minimum Gasteiger partial charge on any atom is -0.480 e. The molecule has 0 saturated heterocycles. The van der Waals surface area contributed by atoms with Crippen LogP contribution in [0.15, 0.2) is 42.5 Å². The molecule has 25 heavy (non-hydrogen) atoms. The molecule has 0 saturated carbocycles. The molecule has 1 N–H and O–H groups in total. The van der Waals surface area contributed by atoms with Crippen molar-refractivity contribution in [2.24, 2.45) is 0 Å². The predicted octanol–water partition coefficient (Wildman–Crippen LogP) is 4.31. The van der Waals surface area contributed by atoms with Gasteiger partial charge in [-0.25, -0.2) is 0 Å². The van der Waals surface area contributed by atoms with Crippen molar-refractivity contribution < 1.29 is 14.3 Å². The molecule has 138 valence electrons. The number of thiol groups is 1. The van der Waals surface area contributed by atoms with Gasteiger partial charge >= 0.3 is 0 Å². The number of allylic oxidation sites excluding steroid dienone is 1. The van der Waals surface area contributed by atoms with Crippen molar-refractivity contribution in [3.63, 3.8) is 0 Å². The highest BCUT2D eigenvalue weighted by molar-refractivity contribution is 7.80. The zero-order valence-corrected chi connectivity index (χ0v) is 15.8. The van der Waals surface area contributed by atoms with Gasteiger partial charge in [-0.15, -0.1) is 12.6 Å². The first-order valence-electron chi connectivity index (χ1n) is 9.00. The lowest BCUT2D eigenvalue weighted by atomic mass is 10.1. The number of benzene rings is 1. The van der Waals surface area contributed by atoms with Gasteiger partial charge in [0, 0.05) is 12.6 Å². The second kappa shape index (κ2) is 13.5. The van der Waals surface area contributed by atoms with Gasteiger partial charge in [0.2, 0.25) is 5.91 Å². The van der Waals surface area contributed by atoms with Gasteiger partial charge in [0.25, 0.3) is 0 Å². The summed E-state index contributed by atoms with van der Waals surface area (Å²) >= 11 is 4.25. The summed E-state index contributed by atoms with van der Waals surface area (Å²) < 4.78 is 5.52. The molecule has 1 aromatic rings. The number of amides is 1. The highest BCUT2D eigenvalue weighted by Gasteiger charge is 2.09. The molecule has 0 heterocycles. The number of ketones is 1. The Hall–Kier alpha value is -1.75. The quantitative estimate of drug-likeness (QED) is 0.238. The summed E-state index contributed by atoms with van der Waals surface area (Å²) in [4.78, 5) is 23.5. The van der Waals surface area contributed by atoms with E-state index in [1.165, 1.54) is 37.8 Å². The van der Waals surface area contributed by atoms with Crippen molar-refractivity contribution >= 4 is 24.3 Å². The highest BCUT2D eigenvalue weighted by Crippen LogP contribution is 2.14. The lowest BCUT2D eigenvalue weighted by Crippen LogP contribution is -2.22. The van der Waals surface area contributed by atoms with E-state index in [-0.39, 0.29) is 18.1 Å². The number of ether oxygens (including phenoxy) is 1. The SMILES string of the molecule is CCCCCCCCNC(=O)C=CC(=O)CC(S)Oc1ccccc1. The number of carbonyl (C=O) groups excluding carboxylic acids is 2. The topological polar surface area (TPSA) is 55.4 Å². The summed E-state index contributed by atoms with van der Waals surface area (Å²) in [5.74, 6) is 0.239. The molecule has 5 heteroatoms. The smallest absolute Gasteiger partial charge is 0.244 e. The van der Waals surface area contributed by atoms with Crippen LogP contribution in [0.3, 0.4) is 0 Å². The minimum atomic E-state index is -0.536. The second-order valence-corrected chi connectivity index (χ2v) is 6.52. The zero-order valence-electron chi connectivity index (χ0n) is 14.9. The molecule has 0 bridgehead atoms. The summed E-state index contributed by atoms with van der Waals surface area (Å²) in [6.45, 7) is 2.84. The van der Waals surface area contributed by atoms with Crippen molar-refractivity contribution in [3.8, 4) is 5.75 Å². The molecule has 1 unspecified atom stereocenters. The van der Waals surface area contributed by atoms with E-state index in [0.717, 1.165) is 12.8 Å². The Labute approximate surface area is 156 Å². The first kappa shape index (κ1) is 21.3. The summed E-state index contributed by atoms with van der Waals surface area (Å²) in [7, 11) is 0. The fourth-order valence-electron chi connectivity index (χ4n) is 2.28. The number of unbranched alkanes of at least 4 members (excludes halogenated alkanes) is 5. The molecule has 1 atom stereocenters. The van der Waals surface area contributed by atoms with Crippen LogP contribution in [0.25, 0.3) is 0 Å². The van der Waals surface area contributed by atoms with E-state index < -0.39 is 5.44 Å². The van der Waals surface area contributed by atoms with Crippen LogP contribution < -0.4 is 10.1 Å². The van der Waals surface area contributed by atoms with Crippen LogP contribution in [0, 0.1) is 0 Å². The van der Waals surface area contributed by atoms with Gasteiger partial charge in [0.05, 0.1) is 6.42 Å². The Bertz CT molecular complexity index is 531. The third-order valence-corrected chi connectivity index (χ3v) is 3.93. The van der Waals surface area contributed by atoms with Gasteiger partial charge in [0.15, 0.2) is 5.78 Å². The molecule has 0 fully saturated rings. The first-order valence-corrected chi connectivity index (χ1v) is 9.52. The standard InChI is InChI=1S/C20H29NO3S/c1-2-3-4-5-6-10-15-21-19(23)14-13-17(22)16-20(25)24-18-11-8-7-9-12-18/h7-9,11-14,20,25H,2-6,10,15-16H2,1H3,(H,21,23). The Morgan fingerprint density at radius 3 is 2.48 bits per heavy atom. The van der Waals surface area contributed by atoms with Crippen LogP contribution in [0.4, 0.5) is 0 Å². The van der Waals surface area contributed by atoms with Crippen molar-refractivity contribution in [1.82, 2.24) is 5.32 Å². The zero-order chi connectivity index (χ0) is 18.3. The average Bonchev–Trinajstić information content (AvgIpc) is 2.60. The Balaban J connectivity index is 2.14. The predicted molar refractivity (Wildman–Crippen MR) is 105 cm³/mol. The molecule has 0 aliphatic rings. The molecule has 0 aromatic heterocycles. The largest absolute Gasteiger partial charge is 0.480 e. The highest BCUT2D eigenvalue weighted by atomic mass is 32.1. The van der Waals surface area contributed by atoms with Crippen LogP contribution in [-0.4, -0.2) is 23.7 Å². The summed E-state index contributed by atoms with van der Waals surface area (Å²) in [6, 6.07) is 9.20. The Morgan fingerprint density at radius 1 is 1.08 bits per heavy atom. The molecular formula is C20H29NO3S. The first-order chi connectivity index (χ1) is 12.1. The average molecular weight is 364 g/mol. The van der Waals surface area contributed by atoms with Gasteiger partial charge in [-0.2, -0.15) is 0 Å². The van der Waals surface area contributed by atoms with E-state index in [1.807, 2.05) is 18.2 Å². The third kappa shape index (κ3) is 11.4. The van der Waals surface area contributed by atoms with E-state index in [9.17, 15) is 9.59 Å². The van der Waals surface area contributed by atoms with Crippen LogP contribution in [0.1, 0.15) is 51.9 Å². The fourth-order valence-corrected chi connectivity index (χ4v) is 2.58. The third-order valence-electron chi connectivity index (χ3n) is 3.64. The number of para-hydroxylation sites is 1. The minimum absolute atomic E-state index is 0.110. The van der Waals surface area contributed by atoms with Gasteiger partial charge < -0.3 is 10.1 Å². The van der Waals surface area contributed by atoms with Gasteiger partial charge in [0.1, 0.15) is 11.2 Å². The fraction of sp³-hybridized carbons (Fsp3) is 0.500. The van der Waals surface area contributed by atoms with Crippen molar-refractivity contribution in [2.45, 2.75) is 57.3 Å². The summed E-state index contributed by atoms with van der Waals surface area (Å²) in [5.41, 5.74) is -0.536. The number of hydrogen-bond donors (Lipinski definition) is 2. The van der Waals surface area contributed by atoms with Crippen molar-refractivity contribution in [3.05, 3.63) is 42.5 Å². The van der Waals surface area contributed by atoms with Crippen molar-refractivity contribution in [1.29, 1.82) is 0 Å².